The van der Waals surface area contributed by atoms with Crippen molar-refractivity contribution in [3.05, 3.63) is 107 Å². The molecule has 0 aliphatic carbocycles. The molecule has 4 nitrogen and oxygen atoms in total. The van der Waals surface area contributed by atoms with Gasteiger partial charge in [-0.1, -0.05) is 93.6 Å². The summed E-state index contributed by atoms with van der Waals surface area (Å²) in [6.45, 7) is 8.92. The zero-order valence-corrected chi connectivity index (χ0v) is 21.1. The van der Waals surface area contributed by atoms with Crippen LogP contribution >= 0.6 is 0 Å². The normalized spacial score (nSPS) is 14.5. The molecule has 182 valence electrons. The molecule has 0 N–H and O–H groups in total. The third kappa shape index (κ3) is 6.39. The predicted molar refractivity (Wildman–Crippen MR) is 141 cm³/mol. The molecule has 3 aromatic carbocycles. The molecule has 1 fully saturated rings. The Bertz CT molecular complexity index is 1070. The fourth-order valence-electron chi connectivity index (χ4n) is 4.70. The quantitative estimate of drug-likeness (QED) is 0.441. The second-order valence-corrected chi connectivity index (χ2v) is 10.6. The molecule has 35 heavy (non-hydrogen) atoms. The summed E-state index contributed by atoms with van der Waals surface area (Å²) in [5.41, 5.74) is 4.25. The van der Waals surface area contributed by atoms with Crippen LogP contribution < -0.4 is 0 Å². The Morgan fingerprint density at radius 1 is 0.771 bits per heavy atom. The van der Waals surface area contributed by atoms with E-state index in [1.807, 2.05) is 58.3 Å². The highest BCUT2D eigenvalue weighted by Crippen LogP contribution is 2.25. The van der Waals surface area contributed by atoms with Gasteiger partial charge in [0.2, 0.25) is 5.91 Å². The molecule has 0 bridgehead atoms. The number of amides is 2. The SMILES string of the molecule is CC(C)(C)c1ccc(C(=O)N2CCC(C(=O)N(Cc3ccccc3)Cc3ccccc3)CC2)cc1. The zero-order chi connectivity index (χ0) is 24.8. The Kier molecular flexibility index (Phi) is 7.70. The lowest BCUT2D eigenvalue weighted by atomic mass is 9.86. The number of likely N-dealkylation sites (tertiary alicyclic amines) is 1. The molecule has 0 saturated carbocycles. The van der Waals surface area contributed by atoms with Crippen LogP contribution in [-0.2, 0) is 23.3 Å². The number of benzene rings is 3. The summed E-state index contributed by atoms with van der Waals surface area (Å²) in [4.78, 5) is 30.6. The summed E-state index contributed by atoms with van der Waals surface area (Å²) in [7, 11) is 0. The van der Waals surface area contributed by atoms with Crippen LogP contribution in [0.4, 0.5) is 0 Å². The predicted octanol–water partition coefficient (Wildman–Crippen LogP) is 6.07. The van der Waals surface area contributed by atoms with Gasteiger partial charge in [-0.2, -0.15) is 0 Å². The van der Waals surface area contributed by atoms with Crippen LogP contribution in [0, 0.1) is 5.92 Å². The van der Waals surface area contributed by atoms with Gasteiger partial charge >= 0.3 is 0 Å². The maximum atomic E-state index is 13.6. The van der Waals surface area contributed by atoms with E-state index in [1.165, 1.54) is 5.56 Å². The van der Waals surface area contributed by atoms with Gasteiger partial charge < -0.3 is 9.80 Å². The molecule has 0 atom stereocenters. The summed E-state index contributed by atoms with van der Waals surface area (Å²) in [5, 5.41) is 0. The second kappa shape index (κ2) is 10.9. The lowest BCUT2D eigenvalue weighted by molar-refractivity contribution is -0.138. The summed E-state index contributed by atoms with van der Waals surface area (Å²) in [5.74, 6) is 0.177. The van der Waals surface area contributed by atoms with Crippen molar-refractivity contribution in [3.63, 3.8) is 0 Å². The standard InChI is InChI=1S/C31H36N2O2/c1-31(2,3)28-16-14-26(15-17-28)29(34)32-20-18-27(19-21-32)30(35)33(22-24-10-6-4-7-11-24)23-25-12-8-5-9-13-25/h4-17,27H,18-23H2,1-3H3. The number of nitrogens with zero attached hydrogens (tertiary/aromatic N) is 2. The molecule has 4 heteroatoms. The maximum Gasteiger partial charge on any atom is 0.253 e. The molecule has 0 unspecified atom stereocenters. The van der Waals surface area contributed by atoms with E-state index in [-0.39, 0.29) is 23.1 Å². The van der Waals surface area contributed by atoms with Crippen LogP contribution in [0.1, 0.15) is 60.7 Å². The Morgan fingerprint density at radius 2 is 1.26 bits per heavy atom. The van der Waals surface area contributed by atoms with E-state index in [0.717, 1.165) is 16.7 Å². The molecule has 4 rings (SSSR count). The molecule has 1 aliphatic heterocycles. The van der Waals surface area contributed by atoms with Crippen LogP contribution in [0.15, 0.2) is 84.9 Å². The van der Waals surface area contributed by atoms with Crippen LogP contribution in [-0.4, -0.2) is 34.7 Å². The van der Waals surface area contributed by atoms with Crippen molar-refractivity contribution in [2.24, 2.45) is 5.92 Å². The average Bonchev–Trinajstić information content (AvgIpc) is 2.88. The first-order valence-corrected chi connectivity index (χ1v) is 12.6. The maximum absolute atomic E-state index is 13.6. The second-order valence-electron chi connectivity index (χ2n) is 10.6. The molecule has 2 amide bonds. The van der Waals surface area contributed by atoms with Gasteiger partial charge in [-0.3, -0.25) is 9.59 Å². The highest BCUT2D eigenvalue weighted by molar-refractivity contribution is 5.94. The first-order valence-electron chi connectivity index (χ1n) is 12.6. The Morgan fingerprint density at radius 3 is 1.71 bits per heavy atom. The summed E-state index contributed by atoms with van der Waals surface area (Å²) in [6.07, 6.45) is 1.40. The molecular weight excluding hydrogens is 432 g/mol. The zero-order valence-electron chi connectivity index (χ0n) is 21.1. The van der Waals surface area contributed by atoms with Crippen molar-refractivity contribution >= 4 is 11.8 Å². The van der Waals surface area contributed by atoms with Gasteiger partial charge in [0, 0.05) is 37.7 Å². The minimum Gasteiger partial charge on any atom is -0.339 e. The number of rotatable bonds is 6. The topological polar surface area (TPSA) is 40.6 Å². The smallest absolute Gasteiger partial charge is 0.253 e. The van der Waals surface area contributed by atoms with E-state index < -0.39 is 0 Å². The van der Waals surface area contributed by atoms with Crippen molar-refractivity contribution in [2.45, 2.75) is 52.1 Å². The van der Waals surface area contributed by atoms with E-state index in [1.54, 1.807) is 0 Å². The van der Waals surface area contributed by atoms with E-state index in [2.05, 4.69) is 57.2 Å². The first kappa shape index (κ1) is 24.7. The summed E-state index contributed by atoms with van der Waals surface area (Å²) in [6, 6.07) is 28.3. The van der Waals surface area contributed by atoms with E-state index in [0.29, 0.717) is 39.0 Å². The van der Waals surface area contributed by atoms with Crippen LogP contribution in [0.2, 0.25) is 0 Å². The minimum absolute atomic E-state index is 0.0572. The van der Waals surface area contributed by atoms with Crippen molar-refractivity contribution in [1.29, 1.82) is 0 Å². The van der Waals surface area contributed by atoms with Gasteiger partial charge in [-0.05, 0) is 47.1 Å². The Balaban J connectivity index is 1.40. The van der Waals surface area contributed by atoms with Gasteiger partial charge in [0.15, 0.2) is 0 Å². The number of hydrogen-bond acceptors (Lipinski definition) is 2. The van der Waals surface area contributed by atoms with E-state index in [4.69, 9.17) is 0 Å². The number of carbonyl (C=O) groups excluding carboxylic acids is 2. The van der Waals surface area contributed by atoms with Crippen LogP contribution in [0.5, 0.6) is 0 Å². The van der Waals surface area contributed by atoms with Gasteiger partial charge in [0.25, 0.3) is 5.91 Å². The molecule has 1 saturated heterocycles. The molecule has 3 aromatic rings. The van der Waals surface area contributed by atoms with Gasteiger partial charge in [-0.15, -0.1) is 0 Å². The van der Waals surface area contributed by atoms with E-state index in [9.17, 15) is 9.59 Å². The minimum atomic E-state index is -0.0604. The van der Waals surface area contributed by atoms with Crippen molar-refractivity contribution in [1.82, 2.24) is 9.80 Å². The van der Waals surface area contributed by atoms with Gasteiger partial charge in [-0.25, -0.2) is 0 Å². The molecule has 1 heterocycles. The molecular formula is C31H36N2O2. The lowest BCUT2D eigenvalue weighted by Gasteiger charge is -2.34. The van der Waals surface area contributed by atoms with Crippen molar-refractivity contribution in [3.8, 4) is 0 Å². The van der Waals surface area contributed by atoms with Crippen LogP contribution in [0.3, 0.4) is 0 Å². The Labute approximate surface area is 209 Å². The number of hydrogen-bond donors (Lipinski definition) is 0. The number of piperidine rings is 1. The van der Waals surface area contributed by atoms with E-state index >= 15 is 0 Å². The van der Waals surface area contributed by atoms with Gasteiger partial charge in [0.1, 0.15) is 0 Å². The van der Waals surface area contributed by atoms with Gasteiger partial charge in [0.05, 0.1) is 0 Å². The largest absolute Gasteiger partial charge is 0.339 e. The number of carbonyl (C=O) groups is 2. The molecule has 0 spiro atoms. The third-order valence-corrected chi connectivity index (χ3v) is 6.87. The summed E-state index contributed by atoms with van der Waals surface area (Å²) < 4.78 is 0. The highest BCUT2D eigenvalue weighted by Gasteiger charge is 2.31. The summed E-state index contributed by atoms with van der Waals surface area (Å²) >= 11 is 0. The highest BCUT2D eigenvalue weighted by atomic mass is 16.2. The Hall–Kier alpha value is -3.40. The fraction of sp³-hybridized carbons (Fsp3) is 0.355. The molecule has 0 radical (unpaired) electrons. The molecule has 0 aromatic heterocycles. The van der Waals surface area contributed by atoms with Crippen LogP contribution in [0.25, 0.3) is 0 Å². The van der Waals surface area contributed by atoms with Crippen molar-refractivity contribution < 1.29 is 9.59 Å². The third-order valence-electron chi connectivity index (χ3n) is 6.87. The monoisotopic (exact) mass is 468 g/mol. The lowest BCUT2D eigenvalue weighted by Crippen LogP contribution is -2.44. The molecule has 1 aliphatic rings. The fourth-order valence-corrected chi connectivity index (χ4v) is 4.70. The first-order chi connectivity index (χ1) is 16.8. The van der Waals surface area contributed by atoms with Crippen molar-refractivity contribution in [2.75, 3.05) is 13.1 Å². The average molecular weight is 469 g/mol.